The molecule has 116 valence electrons. The van der Waals surface area contributed by atoms with Crippen molar-refractivity contribution < 1.29 is 4.79 Å². The zero-order valence-corrected chi connectivity index (χ0v) is 13.1. The number of amides is 1. The summed E-state index contributed by atoms with van der Waals surface area (Å²) in [6, 6.07) is 0.912. The van der Waals surface area contributed by atoms with Gasteiger partial charge in [0.2, 0.25) is 5.82 Å². The fraction of sp³-hybridized carbons (Fsp3) is 0.800. The fourth-order valence-corrected chi connectivity index (χ4v) is 3.30. The molecule has 1 amide bonds. The monoisotopic (exact) mass is 291 g/mol. The standard InChI is InChI=1S/C15H25N5O/c1-15(2,3)14-17-12(18-19-14)13(21)16-10-6-8-20-7-4-5-11(20)9-10/h10-11H,4-9H2,1-3H3,(H,16,21)(H,17,18,19). The number of rotatable bonds is 2. The van der Waals surface area contributed by atoms with Gasteiger partial charge in [-0.2, -0.15) is 0 Å². The number of fused-ring (bicyclic) bond motifs is 1. The van der Waals surface area contributed by atoms with Gasteiger partial charge in [0.05, 0.1) is 0 Å². The first-order valence-electron chi connectivity index (χ1n) is 7.91. The van der Waals surface area contributed by atoms with Crippen LogP contribution in [0.2, 0.25) is 0 Å². The summed E-state index contributed by atoms with van der Waals surface area (Å²) in [5, 5.41) is 10.0. The van der Waals surface area contributed by atoms with E-state index in [9.17, 15) is 4.79 Å². The molecule has 2 aliphatic heterocycles. The first kappa shape index (κ1) is 14.5. The maximum absolute atomic E-state index is 12.3. The summed E-state index contributed by atoms with van der Waals surface area (Å²) in [6.45, 7) is 8.46. The van der Waals surface area contributed by atoms with Crippen LogP contribution in [0.3, 0.4) is 0 Å². The molecule has 0 saturated carbocycles. The van der Waals surface area contributed by atoms with Crippen LogP contribution < -0.4 is 5.32 Å². The Balaban J connectivity index is 1.60. The number of carbonyl (C=O) groups is 1. The largest absolute Gasteiger partial charge is 0.346 e. The van der Waals surface area contributed by atoms with Crippen molar-refractivity contribution in [1.29, 1.82) is 0 Å². The summed E-state index contributed by atoms with van der Waals surface area (Å²) in [6.07, 6.45) is 4.64. The molecule has 21 heavy (non-hydrogen) atoms. The van der Waals surface area contributed by atoms with Crippen molar-refractivity contribution >= 4 is 5.91 Å². The third kappa shape index (κ3) is 3.10. The normalized spacial score (nSPS) is 26.6. The van der Waals surface area contributed by atoms with Gasteiger partial charge in [0.1, 0.15) is 5.82 Å². The van der Waals surface area contributed by atoms with Crippen molar-refractivity contribution in [2.24, 2.45) is 0 Å². The molecule has 0 aliphatic carbocycles. The van der Waals surface area contributed by atoms with Crippen molar-refractivity contribution in [3.05, 3.63) is 11.6 Å². The third-order valence-corrected chi connectivity index (χ3v) is 4.55. The Morgan fingerprint density at radius 1 is 1.33 bits per heavy atom. The number of piperidine rings is 1. The number of hydrogen-bond donors (Lipinski definition) is 2. The van der Waals surface area contributed by atoms with E-state index < -0.39 is 0 Å². The lowest BCUT2D eigenvalue weighted by atomic mass is 9.96. The molecule has 2 N–H and O–H groups in total. The molecule has 0 spiro atoms. The van der Waals surface area contributed by atoms with Crippen LogP contribution in [-0.4, -0.2) is 51.2 Å². The van der Waals surface area contributed by atoms with E-state index >= 15 is 0 Å². The Morgan fingerprint density at radius 3 is 2.86 bits per heavy atom. The average Bonchev–Trinajstić information content (AvgIpc) is 3.06. The number of aromatic amines is 1. The third-order valence-electron chi connectivity index (χ3n) is 4.55. The highest BCUT2D eigenvalue weighted by molar-refractivity contribution is 5.90. The van der Waals surface area contributed by atoms with Crippen LogP contribution in [0.1, 0.15) is 62.9 Å². The molecule has 1 aromatic rings. The molecule has 2 unspecified atom stereocenters. The summed E-state index contributed by atoms with van der Waals surface area (Å²) in [4.78, 5) is 19.1. The molecule has 2 saturated heterocycles. The molecule has 6 nitrogen and oxygen atoms in total. The molecule has 0 radical (unpaired) electrons. The minimum Gasteiger partial charge on any atom is -0.346 e. The van der Waals surface area contributed by atoms with Crippen LogP contribution in [0, 0.1) is 0 Å². The number of carbonyl (C=O) groups excluding carboxylic acids is 1. The van der Waals surface area contributed by atoms with E-state index in [1.165, 1.54) is 19.4 Å². The highest BCUT2D eigenvalue weighted by atomic mass is 16.2. The molecule has 1 aromatic heterocycles. The number of nitrogens with one attached hydrogen (secondary N) is 2. The Kier molecular flexibility index (Phi) is 3.73. The van der Waals surface area contributed by atoms with Crippen molar-refractivity contribution in [2.45, 2.75) is 64.0 Å². The summed E-state index contributed by atoms with van der Waals surface area (Å²) >= 11 is 0. The van der Waals surface area contributed by atoms with Gasteiger partial charge in [-0.25, -0.2) is 4.98 Å². The molecule has 6 heteroatoms. The van der Waals surface area contributed by atoms with Crippen LogP contribution >= 0.6 is 0 Å². The van der Waals surface area contributed by atoms with E-state index in [-0.39, 0.29) is 23.2 Å². The van der Waals surface area contributed by atoms with Crippen molar-refractivity contribution in [3.8, 4) is 0 Å². The van der Waals surface area contributed by atoms with E-state index in [1.54, 1.807) is 0 Å². The van der Waals surface area contributed by atoms with Gasteiger partial charge in [0.15, 0.2) is 0 Å². The summed E-state index contributed by atoms with van der Waals surface area (Å²) < 4.78 is 0. The van der Waals surface area contributed by atoms with Crippen molar-refractivity contribution in [2.75, 3.05) is 13.1 Å². The second-order valence-electron chi connectivity index (χ2n) is 7.28. The Labute approximate surface area is 125 Å². The number of nitrogens with zero attached hydrogens (tertiary/aromatic N) is 3. The van der Waals surface area contributed by atoms with E-state index in [0.717, 1.165) is 25.2 Å². The van der Waals surface area contributed by atoms with E-state index in [4.69, 9.17) is 0 Å². The lowest BCUT2D eigenvalue weighted by Gasteiger charge is -2.34. The Morgan fingerprint density at radius 2 is 2.14 bits per heavy atom. The molecule has 2 atom stereocenters. The maximum Gasteiger partial charge on any atom is 0.291 e. The minimum atomic E-state index is -0.154. The van der Waals surface area contributed by atoms with E-state index in [2.05, 4.69) is 25.4 Å². The predicted molar refractivity (Wildman–Crippen MR) is 80.2 cm³/mol. The van der Waals surface area contributed by atoms with Gasteiger partial charge in [0, 0.05) is 24.0 Å². The number of hydrogen-bond acceptors (Lipinski definition) is 4. The molecule has 2 aliphatic rings. The average molecular weight is 291 g/mol. The van der Waals surface area contributed by atoms with Gasteiger partial charge in [-0.05, 0) is 32.2 Å². The summed E-state index contributed by atoms with van der Waals surface area (Å²) in [7, 11) is 0. The summed E-state index contributed by atoms with van der Waals surface area (Å²) in [5.41, 5.74) is -0.124. The van der Waals surface area contributed by atoms with Gasteiger partial charge in [-0.3, -0.25) is 9.89 Å². The van der Waals surface area contributed by atoms with Gasteiger partial charge >= 0.3 is 0 Å². The van der Waals surface area contributed by atoms with Crippen LogP contribution in [0.4, 0.5) is 0 Å². The van der Waals surface area contributed by atoms with Crippen molar-refractivity contribution in [3.63, 3.8) is 0 Å². The van der Waals surface area contributed by atoms with Crippen LogP contribution in [0.5, 0.6) is 0 Å². The predicted octanol–water partition coefficient (Wildman–Crippen LogP) is 1.46. The van der Waals surface area contributed by atoms with Gasteiger partial charge in [-0.1, -0.05) is 20.8 Å². The lowest BCUT2D eigenvalue weighted by Crippen LogP contribution is -2.47. The SMILES string of the molecule is CC(C)(C)c1nc(C(=O)NC2CCN3CCCC3C2)n[nH]1. The minimum absolute atomic E-state index is 0.124. The lowest BCUT2D eigenvalue weighted by molar-refractivity contribution is 0.0886. The van der Waals surface area contributed by atoms with Crippen LogP contribution in [0.15, 0.2) is 0 Å². The quantitative estimate of drug-likeness (QED) is 0.865. The molecule has 3 rings (SSSR count). The van der Waals surface area contributed by atoms with Crippen LogP contribution in [-0.2, 0) is 5.41 Å². The van der Waals surface area contributed by atoms with Gasteiger partial charge < -0.3 is 10.2 Å². The molecule has 0 bridgehead atoms. The van der Waals surface area contributed by atoms with E-state index in [1.807, 2.05) is 20.8 Å². The summed E-state index contributed by atoms with van der Waals surface area (Å²) in [5.74, 6) is 0.852. The molecule has 0 aromatic carbocycles. The Bertz CT molecular complexity index is 518. The second-order valence-corrected chi connectivity index (χ2v) is 7.28. The highest BCUT2D eigenvalue weighted by Gasteiger charge is 2.32. The molecule has 3 heterocycles. The second kappa shape index (κ2) is 5.40. The Hall–Kier alpha value is -1.43. The highest BCUT2D eigenvalue weighted by Crippen LogP contribution is 2.27. The number of H-pyrrole nitrogens is 1. The maximum atomic E-state index is 12.3. The first-order chi connectivity index (χ1) is 9.93. The fourth-order valence-electron chi connectivity index (χ4n) is 3.30. The van der Waals surface area contributed by atoms with Crippen LogP contribution in [0.25, 0.3) is 0 Å². The molecular weight excluding hydrogens is 266 g/mol. The topological polar surface area (TPSA) is 73.9 Å². The first-order valence-corrected chi connectivity index (χ1v) is 7.91. The van der Waals surface area contributed by atoms with E-state index in [0.29, 0.717) is 6.04 Å². The smallest absolute Gasteiger partial charge is 0.291 e. The van der Waals surface area contributed by atoms with Gasteiger partial charge in [-0.15, -0.1) is 5.10 Å². The molecule has 2 fully saturated rings. The van der Waals surface area contributed by atoms with Crippen molar-refractivity contribution in [1.82, 2.24) is 25.4 Å². The zero-order valence-electron chi connectivity index (χ0n) is 13.1. The molecular formula is C15H25N5O. The number of aromatic nitrogens is 3. The van der Waals surface area contributed by atoms with Gasteiger partial charge in [0.25, 0.3) is 5.91 Å². The zero-order chi connectivity index (χ0) is 15.0.